The van der Waals surface area contributed by atoms with Crippen LogP contribution in [0.15, 0.2) is 81.9 Å². The third kappa shape index (κ3) is 3.09. The molecule has 3 aromatic rings. The van der Waals surface area contributed by atoms with Gasteiger partial charge in [0.25, 0.3) is 11.8 Å². The minimum absolute atomic E-state index is 0.321. The first kappa shape index (κ1) is 17.1. The number of hydrogen-bond donors (Lipinski definition) is 0. The summed E-state index contributed by atoms with van der Waals surface area (Å²) in [6, 6.07) is 20.1. The number of thioether (sulfide) groups is 1. The molecule has 2 aromatic carbocycles. The van der Waals surface area contributed by atoms with Gasteiger partial charge < -0.3 is 0 Å². The summed E-state index contributed by atoms with van der Waals surface area (Å²) in [6.07, 6.45) is 0. The highest BCUT2D eigenvalue weighted by molar-refractivity contribution is 8.04. The molecule has 0 N–H and O–H groups in total. The highest BCUT2D eigenvalue weighted by atomic mass is 35.5. The molecule has 0 spiro atoms. The standard InChI is InChI=1S/C20H12ClNO2S2/c21-13-6-4-7-14(12-13)22-19(23)17(16-10-5-11-25-16)18(20(22)24)26-15-8-2-1-3-9-15/h1-12H. The molecule has 0 fully saturated rings. The fourth-order valence-electron chi connectivity index (χ4n) is 2.70. The van der Waals surface area contributed by atoms with Crippen LogP contribution in [0.2, 0.25) is 5.02 Å². The van der Waals surface area contributed by atoms with Crippen molar-refractivity contribution in [3.05, 3.63) is 86.9 Å². The van der Waals surface area contributed by atoms with Crippen LogP contribution in [-0.2, 0) is 9.59 Å². The second kappa shape index (κ2) is 7.11. The summed E-state index contributed by atoms with van der Waals surface area (Å²) in [5.74, 6) is -0.646. The van der Waals surface area contributed by atoms with Gasteiger partial charge in [-0.3, -0.25) is 9.59 Å². The zero-order valence-electron chi connectivity index (χ0n) is 13.4. The van der Waals surface area contributed by atoms with E-state index < -0.39 is 0 Å². The number of rotatable bonds is 4. The van der Waals surface area contributed by atoms with Crippen molar-refractivity contribution in [1.82, 2.24) is 0 Å². The average molecular weight is 398 g/mol. The number of benzene rings is 2. The SMILES string of the molecule is O=C1C(Sc2ccccc2)=C(c2cccs2)C(=O)N1c1cccc(Cl)c1. The van der Waals surface area contributed by atoms with Crippen molar-refractivity contribution in [3.8, 4) is 0 Å². The van der Waals surface area contributed by atoms with Crippen LogP contribution in [-0.4, -0.2) is 11.8 Å². The lowest BCUT2D eigenvalue weighted by Gasteiger charge is -2.15. The van der Waals surface area contributed by atoms with Crippen LogP contribution in [0.5, 0.6) is 0 Å². The number of thiophene rings is 1. The van der Waals surface area contributed by atoms with Crippen LogP contribution >= 0.6 is 34.7 Å². The van der Waals surface area contributed by atoms with Gasteiger partial charge in [-0.05, 0) is 41.8 Å². The number of carbonyl (C=O) groups excluding carboxylic acids is 2. The molecule has 2 amide bonds. The lowest BCUT2D eigenvalue weighted by atomic mass is 10.2. The molecular formula is C20H12ClNO2S2. The third-order valence-electron chi connectivity index (χ3n) is 3.84. The normalized spacial score (nSPS) is 14.4. The Morgan fingerprint density at radius 2 is 1.69 bits per heavy atom. The third-order valence-corrected chi connectivity index (χ3v) is 6.05. The molecule has 0 saturated heterocycles. The second-order valence-corrected chi connectivity index (χ2v) is 7.99. The number of halogens is 1. The topological polar surface area (TPSA) is 37.4 Å². The average Bonchev–Trinajstić information content (AvgIpc) is 3.23. The fourth-order valence-corrected chi connectivity index (χ4v) is 4.72. The predicted molar refractivity (Wildman–Crippen MR) is 107 cm³/mol. The van der Waals surface area contributed by atoms with Crippen molar-refractivity contribution in [2.75, 3.05) is 4.90 Å². The van der Waals surface area contributed by atoms with Crippen molar-refractivity contribution in [1.29, 1.82) is 0 Å². The molecule has 0 aliphatic carbocycles. The molecule has 3 nitrogen and oxygen atoms in total. The Kier molecular flexibility index (Phi) is 4.68. The maximum Gasteiger partial charge on any atom is 0.272 e. The van der Waals surface area contributed by atoms with Crippen LogP contribution in [0.4, 0.5) is 5.69 Å². The molecule has 0 atom stereocenters. The molecule has 0 radical (unpaired) electrons. The van der Waals surface area contributed by atoms with Gasteiger partial charge in [-0.2, -0.15) is 0 Å². The van der Waals surface area contributed by atoms with E-state index in [4.69, 9.17) is 11.6 Å². The largest absolute Gasteiger partial charge is 0.272 e. The quantitative estimate of drug-likeness (QED) is 0.547. The Morgan fingerprint density at radius 3 is 2.38 bits per heavy atom. The molecule has 4 rings (SSSR count). The van der Waals surface area contributed by atoms with Gasteiger partial charge in [-0.25, -0.2) is 4.90 Å². The van der Waals surface area contributed by atoms with E-state index in [9.17, 15) is 9.59 Å². The first-order valence-electron chi connectivity index (χ1n) is 7.80. The van der Waals surface area contributed by atoms with Gasteiger partial charge >= 0.3 is 0 Å². The van der Waals surface area contributed by atoms with E-state index in [2.05, 4.69) is 0 Å². The Bertz CT molecular complexity index is 1010. The maximum atomic E-state index is 13.1. The van der Waals surface area contributed by atoms with E-state index in [0.717, 1.165) is 9.77 Å². The summed E-state index contributed by atoms with van der Waals surface area (Å²) in [7, 11) is 0. The first-order valence-corrected chi connectivity index (χ1v) is 9.88. The molecule has 1 aliphatic heterocycles. The Labute approximate surface area is 163 Å². The molecule has 0 saturated carbocycles. The number of hydrogen-bond acceptors (Lipinski definition) is 4. The van der Waals surface area contributed by atoms with E-state index in [0.29, 0.717) is 21.2 Å². The van der Waals surface area contributed by atoms with Crippen LogP contribution in [0.1, 0.15) is 4.88 Å². The van der Waals surface area contributed by atoms with Gasteiger partial charge in [-0.1, -0.05) is 53.7 Å². The zero-order chi connectivity index (χ0) is 18.1. The predicted octanol–water partition coefficient (Wildman–Crippen LogP) is 5.48. The molecular weight excluding hydrogens is 386 g/mol. The summed E-state index contributed by atoms with van der Waals surface area (Å²) in [5.41, 5.74) is 0.920. The van der Waals surface area contributed by atoms with Gasteiger partial charge in [0.05, 0.1) is 16.2 Å². The van der Waals surface area contributed by atoms with E-state index in [1.54, 1.807) is 24.3 Å². The van der Waals surface area contributed by atoms with E-state index in [1.165, 1.54) is 28.0 Å². The lowest BCUT2D eigenvalue weighted by Crippen LogP contribution is -2.31. The lowest BCUT2D eigenvalue weighted by molar-refractivity contribution is -0.119. The Morgan fingerprint density at radius 1 is 0.885 bits per heavy atom. The number of nitrogens with zero attached hydrogens (tertiary/aromatic N) is 1. The minimum atomic E-state index is -0.325. The number of carbonyl (C=O) groups is 2. The Hall–Kier alpha value is -2.34. The van der Waals surface area contributed by atoms with Gasteiger partial charge in [0.2, 0.25) is 0 Å². The smallest absolute Gasteiger partial charge is 0.268 e. The monoisotopic (exact) mass is 397 g/mol. The molecule has 1 aliphatic rings. The molecule has 1 aromatic heterocycles. The van der Waals surface area contributed by atoms with Gasteiger partial charge in [0, 0.05) is 14.8 Å². The van der Waals surface area contributed by atoms with Crippen molar-refractivity contribution >= 4 is 57.8 Å². The van der Waals surface area contributed by atoms with Crippen molar-refractivity contribution in [2.24, 2.45) is 0 Å². The maximum absolute atomic E-state index is 13.1. The van der Waals surface area contributed by atoms with E-state index in [-0.39, 0.29) is 11.8 Å². The van der Waals surface area contributed by atoms with Crippen molar-refractivity contribution < 1.29 is 9.59 Å². The Balaban J connectivity index is 1.81. The summed E-state index contributed by atoms with van der Waals surface area (Å²) < 4.78 is 0. The molecule has 0 bridgehead atoms. The van der Waals surface area contributed by atoms with Crippen LogP contribution in [0, 0.1) is 0 Å². The minimum Gasteiger partial charge on any atom is -0.268 e. The first-order chi connectivity index (χ1) is 12.6. The second-order valence-electron chi connectivity index (χ2n) is 5.52. The molecule has 6 heteroatoms. The van der Waals surface area contributed by atoms with E-state index in [1.807, 2.05) is 47.8 Å². The molecule has 128 valence electrons. The number of anilines is 1. The van der Waals surface area contributed by atoms with Crippen LogP contribution in [0.25, 0.3) is 5.57 Å². The highest BCUT2D eigenvalue weighted by Crippen LogP contribution is 2.42. The number of imide groups is 1. The van der Waals surface area contributed by atoms with Gasteiger partial charge in [0.1, 0.15) is 0 Å². The van der Waals surface area contributed by atoms with Crippen LogP contribution < -0.4 is 4.90 Å². The van der Waals surface area contributed by atoms with E-state index >= 15 is 0 Å². The molecule has 0 unspecified atom stereocenters. The zero-order valence-corrected chi connectivity index (χ0v) is 15.8. The highest BCUT2D eigenvalue weighted by Gasteiger charge is 2.40. The summed E-state index contributed by atoms with van der Waals surface area (Å²) in [4.78, 5) is 29.6. The van der Waals surface area contributed by atoms with Crippen molar-refractivity contribution in [2.45, 2.75) is 4.90 Å². The van der Waals surface area contributed by atoms with Gasteiger partial charge in [-0.15, -0.1) is 11.3 Å². The number of amides is 2. The summed E-state index contributed by atoms with van der Waals surface area (Å²) in [6.45, 7) is 0. The van der Waals surface area contributed by atoms with Gasteiger partial charge in [0.15, 0.2) is 0 Å². The molecule has 2 heterocycles. The van der Waals surface area contributed by atoms with Crippen molar-refractivity contribution in [3.63, 3.8) is 0 Å². The fraction of sp³-hybridized carbons (Fsp3) is 0. The van der Waals surface area contributed by atoms with Crippen LogP contribution in [0.3, 0.4) is 0 Å². The summed E-state index contributed by atoms with van der Waals surface area (Å²) >= 11 is 8.81. The molecule has 26 heavy (non-hydrogen) atoms. The summed E-state index contributed by atoms with van der Waals surface area (Å²) in [5, 5.41) is 2.37.